The predicted molar refractivity (Wildman–Crippen MR) is 253 cm³/mol. The van der Waals surface area contributed by atoms with Crippen molar-refractivity contribution in [2.45, 2.75) is 71.2 Å². The number of aliphatic hydroxyl groups excluding tert-OH is 1. The number of methoxy groups -OCH3 is 2. The molecule has 20 heteroatoms. The minimum absolute atomic E-state index is 0.00896. The van der Waals surface area contributed by atoms with Gasteiger partial charge in [0, 0.05) is 79.4 Å². The number of unbranched alkanes of at least 4 members (excludes halogenated alkanes) is 2. The lowest BCUT2D eigenvalue weighted by molar-refractivity contribution is -0.137. The lowest BCUT2D eigenvalue weighted by atomic mass is 10.0. The molecule has 20 nitrogen and oxygen atoms in total. The molecule has 0 fully saturated rings. The van der Waals surface area contributed by atoms with Gasteiger partial charge in [-0.2, -0.15) is 0 Å². The topological polar surface area (TPSA) is 246 Å². The van der Waals surface area contributed by atoms with Crippen LogP contribution >= 0.6 is 0 Å². The molecule has 2 aliphatic rings. The van der Waals surface area contributed by atoms with Crippen molar-refractivity contribution in [3.05, 3.63) is 82.8 Å². The molecule has 0 radical (unpaired) electrons. The van der Waals surface area contributed by atoms with Crippen LogP contribution in [0, 0.1) is 5.92 Å². The summed E-state index contributed by atoms with van der Waals surface area (Å²) in [5.74, 6) is -0.578. The van der Waals surface area contributed by atoms with Crippen LogP contribution in [0.4, 0.5) is 10.5 Å². The van der Waals surface area contributed by atoms with Crippen molar-refractivity contribution in [2.24, 2.45) is 5.92 Å². The Labute approximate surface area is 396 Å². The number of hydrogen-bond acceptors (Lipinski definition) is 14. The number of rotatable bonds is 21. The second-order valence-corrected chi connectivity index (χ2v) is 17.1. The number of ether oxygens (including phenoxy) is 5. The molecule has 2 aliphatic heterocycles. The molecular weight excluding hydrogens is 895 g/mol. The van der Waals surface area contributed by atoms with Crippen molar-refractivity contribution >= 4 is 73.9 Å². The first-order valence-electron chi connectivity index (χ1n) is 22.5. The molecule has 4 heterocycles. The number of nitrogens with one attached hydrogen (secondary N) is 3. The van der Waals surface area contributed by atoms with Crippen LogP contribution in [0.5, 0.6) is 23.0 Å². The Hall–Kier alpha value is -7.74. The molecule has 2 atom stereocenters. The molecule has 0 spiro atoms. The molecule has 0 bridgehead atoms. The molecule has 4 N–H and O–H groups in total. The van der Waals surface area contributed by atoms with Gasteiger partial charge >= 0.3 is 6.09 Å². The van der Waals surface area contributed by atoms with E-state index in [4.69, 9.17) is 28.7 Å². The minimum atomic E-state index is -1.30. The summed E-state index contributed by atoms with van der Waals surface area (Å²) in [6.45, 7) is 3.46. The number of hydrogen-bond donors (Lipinski definition) is 4. The Bertz CT molecular complexity index is 2860. The van der Waals surface area contributed by atoms with E-state index in [2.05, 4.69) is 16.0 Å². The van der Waals surface area contributed by atoms with Crippen molar-refractivity contribution < 1.29 is 57.6 Å². The van der Waals surface area contributed by atoms with Gasteiger partial charge in [0.05, 0.1) is 37.2 Å². The highest BCUT2D eigenvalue weighted by Gasteiger charge is 2.28. The lowest BCUT2D eigenvalue weighted by Crippen LogP contribution is -2.54. The molecule has 6 amide bonds. The van der Waals surface area contributed by atoms with Crippen molar-refractivity contribution in [1.29, 1.82) is 0 Å². The molecule has 0 unspecified atom stereocenters. The summed E-state index contributed by atoms with van der Waals surface area (Å²) < 4.78 is 29.6. The van der Waals surface area contributed by atoms with Gasteiger partial charge in [-0.3, -0.25) is 38.7 Å². The number of anilines is 1. The maximum absolute atomic E-state index is 14.3. The number of aromatic nitrogens is 2. The monoisotopic (exact) mass is 949 g/mol. The van der Waals surface area contributed by atoms with E-state index in [-0.39, 0.29) is 69.2 Å². The molecule has 3 aromatic carbocycles. The van der Waals surface area contributed by atoms with Gasteiger partial charge in [-0.15, -0.1) is 0 Å². The Morgan fingerprint density at radius 2 is 1.49 bits per heavy atom. The second kappa shape index (κ2) is 21.9. The fraction of sp³-hybridized carbons (Fsp3) is 0.388. The Morgan fingerprint density at radius 3 is 2.16 bits per heavy atom. The average molecular weight is 950 g/mol. The van der Waals surface area contributed by atoms with Crippen LogP contribution in [0.15, 0.2) is 71.7 Å². The standard InChI is InChI=1S/C49H55N7O13/c1-28(2)19-36(53-47(62)37(25-57)52-42(58)9-7-6-8-16-55-43(59)14-15-44(55)60)46(61)51-30-12-10-29(11-13-30)26-67-49(64)54(3)17-18-56-45-33-22-40-41(69-27-68-40)23-35(33)50-24-34(45)31-20-38(65-4)39(66-5)21-32(31)48(56)63/h10-15,20-24,28,36-37,57H,6-9,16-19,25-27H2,1-5H3,(H,51,61)(H,52,58)(H,53,62)/t36-,37-/m0/s1. The second-order valence-electron chi connectivity index (χ2n) is 17.1. The third-order valence-corrected chi connectivity index (χ3v) is 11.8. The minimum Gasteiger partial charge on any atom is -0.493 e. The zero-order valence-electron chi connectivity index (χ0n) is 39.0. The van der Waals surface area contributed by atoms with Gasteiger partial charge in [-0.25, -0.2) is 4.79 Å². The molecule has 0 saturated heterocycles. The molecule has 2 aromatic heterocycles. The van der Waals surface area contributed by atoms with Gasteiger partial charge < -0.3 is 54.2 Å². The quantitative estimate of drug-likeness (QED) is 0.0459. The summed E-state index contributed by atoms with van der Waals surface area (Å²) in [5.41, 5.74) is 1.88. The summed E-state index contributed by atoms with van der Waals surface area (Å²) in [5, 5.41) is 20.2. The smallest absolute Gasteiger partial charge is 0.409 e. The molecule has 0 saturated carbocycles. The average Bonchev–Trinajstić information content (AvgIpc) is 3.94. The van der Waals surface area contributed by atoms with E-state index < -0.39 is 42.5 Å². The lowest BCUT2D eigenvalue weighted by Gasteiger charge is -2.23. The zero-order chi connectivity index (χ0) is 49.4. The van der Waals surface area contributed by atoms with Crippen molar-refractivity contribution in [2.75, 3.05) is 53.1 Å². The summed E-state index contributed by atoms with van der Waals surface area (Å²) in [6, 6.07) is 11.2. The van der Waals surface area contributed by atoms with Crippen LogP contribution in [-0.4, -0.2) is 120 Å². The fourth-order valence-electron chi connectivity index (χ4n) is 8.12. The van der Waals surface area contributed by atoms with Crippen LogP contribution in [-0.2, 0) is 41.9 Å². The van der Waals surface area contributed by atoms with E-state index in [1.807, 2.05) is 13.8 Å². The van der Waals surface area contributed by atoms with E-state index in [0.717, 1.165) is 4.90 Å². The normalized spacial score (nSPS) is 13.8. The molecule has 69 heavy (non-hydrogen) atoms. The first kappa shape index (κ1) is 49.2. The van der Waals surface area contributed by atoms with Gasteiger partial charge in [-0.05, 0) is 61.1 Å². The van der Waals surface area contributed by atoms with E-state index in [1.165, 1.54) is 31.3 Å². The Balaban J connectivity index is 0.935. The van der Waals surface area contributed by atoms with Crippen molar-refractivity contribution in [1.82, 2.24) is 30.0 Å². The zero-order valence-corrected chi connectivity index (χ0v) is 39.0. The van der Waals surface area contributed by atoms with Crippen molar-refractivity contribution in [3.63, 3.8) is 0 Å². The molecule has 5 aromatic rings. The SMILES string of the molecule is COc1cc2c(=O)n(CCN(C)C(=O)OCc3ccc(NC(=O)[C@H](CC(C)C)NC(=O)[C@H](CO)NC(=O)CCCCCN4C(=O)C=CC4=O)cc3)c3c4cc5c(cc4ncc3c2cc1OC)OCO5. The van der Waals surface area contributed by atoms with Crippen LogP contribution in [0.25, 0.3) is 32.6 Å². The van der Waals surface area contributed by atoms with E-state index >= 15 is 0 Å². The highest BCUT2D eigenvalue weighted by atomic mass is 16.7. The number of likely N-dealkylation sites (N-methyl/N-ethyl adjacent to an activating group) is 1. The van der Waals surface area contributed by atoms with E-state index in [0.29, 0.717) is 86.1 Å². The third-order valence-electron chi connectivity index (χ3n) is 11.8. The number of carbonyl (C=O) groups is 6. The highest BCUT2D eigenvalue weighted by molar-refractivity contribution is 6.15. The first-order valence-corrected chi connectivity index (χ1v) is 22.5. The van der Waals surface area contributed by atoms with Crippen LogP contribution in [0.3, 0.4) is 0 Å². The number of imide groups is 1. The molecule has 7 rings (SSSR count). The number of carbonyl (C=O) groups excluding carboxylic acids is 6. The number of nitrogens with zero attached hydrogens (tertiary/aromatic N) is 4. The Morgan fingerprint density at radius 1 is 0.812 bits per heavy atom. The van der Waals surface area contributed by atoms with Gasteiger partial charge in [0.25, 0.3) is 17.4 Å². The Kier molecular flexibility index (Phi) is 15.6. The highest BCUT2D eigenvalue weighted by Crippen LogP contribution is 2.40. The maximum Gasteiger partial charge on any atom is 0.409 e. The van der Waals surface area contributed by atoms with Crippen LogP contribution in [0.1, 0.15) is 51.5 Å². The molecule has 0 aliphatic carbocycles. The number of aliphatic hydroxyl groups is 1. The summed E-state index contributed by atoms with van der Waals surface area (Å²) in [4.78, 5) is 97.5. The first-order chi connectivity index (χ1) is 33.2. The van der Waals surface area contributed by atoms with Gasteiger partial charge in [-0.1, -0.05) is 32.4 Å². The molecule has 364 valence electrons. The third kappa shape index (κ3) is 11.3. The van der Waals surface area contributed by atoms with Crippen LogP contribution < -0.4 is 40.5 Å². The summed E-state index contributed by atoms with van der Waals surface area (Å²) in [7, 11) is 4.57. The number of amides is 6. The molecular formula is C49H55N7O13. The van der Waals surface area contributed by atoms with Crippen LogP contribution in [0.2, 0.25) is 0 Å². The van der Waals surface area contributed by atoms with Gasteiger partial charge in [0.15, 0.2) is 23.0 Å². The summed E-state index contributed by atoms with van der Waals surface area (Å²) >= 11 is 0. The number of benzene rings is 3. The maximum atomic E-state index is 14.3. The van der Waals surface area contributed by atoms with E-state index in [9.17, 15) is 38.7 Å². The van der Waals surface area contributed by atoms with E-state index in [1.54, 1.807) is 66.3 Å². The number of fused-ring (bicyclic) bond motifs is 6. The van der Waals surface area contributed by atoms with Crippen molar-refractivity contribution in [3.8, 4) is 23.0 Å². The fourth-order valence-corrected chi connectivity index (χ4v) is 8.12. The van der Waals surface area contributed by atoms with Gasteiger partial charge in [0.1, 0.15) is 18.7 Å². The predicted octanol–water partition coefficient (Wildman–Crippen LogP) is 4.15. The largest absolute Gasteiger partial charge is 0.493 e. The number of pyridine rings is 2. The summed E-state index contributed by atoms with van der Waals surface area (Å²) in [6.07, 6.45) is 5.29. The van der Waals surface area contributed by atoms with Gasteiger partial charge in [0.2, 0.25) is 24.5 Å².